The number of fused-ring (bicyclic) bond motifs is 1. The first-order valence-electron chi connectivity index (χ1n) is 7.45. The van der Waals surface area contributed by atoms with Crippen LogP contribution in [0.25, 0.3) is 0 Å². The van der Waals surface area contributed by atoms with Gasteiger partial charge in [-0.25, -0.2) is 0 Å². The van der Waals surface area contributed by atoms with Gasteiger partial charge < -0.3 is 4.79 Å². The van der Waals surface area contributed by atoms with E-state index in [2.05, 4.69) is 0 Å². The second-order valence-corrected chi connectivity index (χ2v) is 5.76. The van der Waals surface area contributed by atoms with Crippen LogP contribution in [0.4, 0.5) is 0 Å². The van der Waals surface area contributed by atoms with Crippen molar-refractivity contribution in [2.24, 2.45) is 0 Å². The van der Waals surface area contributed by atoms with Crippen molar-refractivity contribution < 1.29 is 14.4 Å². The second-order valence-electron chi connectivity index (χ2n) is 5.76. The zero-order valence-electron chi connectivity index (χ0n) is 13.2. The number of benzene rings is 1. The van der Waals surface area contributed by atoms with Crippen molar-refractivity contribution in [2.75, 3.05) is 0 Å². The van der Waals surface area contributed by atoms with Gasteiger partial charge in [0, 0.05) is 28.7 Å². The average Bonchev–Trinajstić information content (AvgIpc) is 2.50. The lowest BCUT2D eigenvalue weighted by Crippen LogP contribution is -2.20. The summed E-state index contributed by atoms with van der Waals surface area (Å²) >= 11 is 0. The van der Waals surface area contributed by atoms with Crippen LogP contribution in [0, 0.1) is 0 Å². The Labute approximate surface area is 130 Å². The minimum atomic E-state index is -0.0695. The summed E-state index contributed by atoms with van der Waals surface area (Å²) in [4.78, 5) is 35.9. The van der Waals surface area contributed by atoms with Gasteiger partial charge in [-0.15, -0.1) is 0 Å². The number of ketones is 3. The summed E-state index contributed by atoms with van der Waals surface area (Å²) in [7, 11) is 0. The molecule has 0 spiro atoms. The minimum Gasteiger partial charge on any atom is -0.300 e. The normalized spacial score (nSPS) is 15.1. The van der Waals surface area contributed by atoms with Gasteiger partial charge in [0.15, 0.2) is 11.6 Å². The van der Waals surface area contributed by atoms with Crippen molar-refractivity contribution in [3.63, 3.8) is 0 Å². The molecule has 3 heteroatoms. The van der Waals surface area contributed by atoms with E-state index in [9.17, 15) is 14.4 Å². The van der Waals surface area contributed by atoms with Crippen LogP contribution in [0.15, 0.2) is 47.1 Å². The topological polar surface area (TPSA) is 51.2 Å². The minimum absolute atomic E-state index is 0.0664. The Morgan fingerprint density at radius 3 is 2.18 bits per heavy atom. The third-order valence-electron chi connectivity index (χ3n) is 4.01. The Hall–Kier alpha value is -2.29. The van der Waals surface area contributed by atoms with E-state index in [1.165, 1.54) is 0 Å². The van der Waals surface area contributed by atoms with E-state index in [1.54, 1.807) is 38.1 Å². The molecule has 0 radical (unpaired) electrons. The van der Waals surface area contributed by atoms with Crippen LogP contribution in [0.1, 0.15) is 60.7 Å². The van der Waals surface area contributed by atoms with Crippen molar-refractivity contribution in [1.29, 1.82) is 0 Å². The van der Waals surface area contributed by atoms with Gasteiger partial charge in [0.1, 0.15) is 5.78 Å². The van der Waals surface area contributed by atoms with Crippen molar-refractivity contribution in [2.45, 2.75) is 40.0 Å². The van der Waals surface area contributed by atoms with Crippen LogP contribution in [0.3, 0.4) is 0 Å². The van der Waals surface area contributed by atoms with Crippen LogP contribution < -0.4 is 0 Å². The third-order valence-corrected chi connectivity index (χ3v) is 4.01. The number of Topliss-reactive ketones (excluding diaryl/α,β-unsaturated/α-hetero) is 3. The van der Waals surface area contributed by atoms with Gasteiger partial charge in [-0.05, 0) is 33.6 Å². The highest BCUT2D eigenvalue weighted by Gasteiger charge is 2.28. The molecule has 1 aromatic carbocycles. The van der Waals surface area contributed by atoms with Gasteiger partial charge >= 0.3 is 0 Å². The molecule has 2 rings (SSSR count). The smallest absolute Gasteiger partial charge is 0.190 e. The summed E-state index contributed by atoms with van der Waals surface area (Å²) in [5.41, 5.74) is 3.13. The van der Waals surface area contributed by atoms with E-state index in [1.807, 2.05) is 13.0 Å². The zero-order chi connectivity index (χ0) is 16.3. The fourth-order valence-electron chi connectivity index (χ4n) is 2.55. The van der Waals surface area contributed by atoms with Gasteiger partial charge in [-0.3, -0.25) is 9.59 Å². The monoisotopic (exact) mass is 296 g/mol. The summed E-state index contributed by atoms with van der Waals surface area (Å²) < 4.78 is 0. The molecule has 0 N–H and O–H groups in total. The maximum Gasteiger partial charge on any atom is 0.190 e. The van der Waals surface area contributed by atoms with E-state index < -0.39 is 0 Å². The molecule has 22 heavy (non-hydrogen) atoms. The number of rotatable bonds is 5. The molecule has 1 aliphatic carbocycles. The predicted molar refractivity (Wildman–Crippen MR) is 86.1 cm³/mol. The Morgan fingerprint density at radius 1 is 1.00 bits per heavy atom. The molecule has 0 saturated carbocycles. The lowest BCUT2D eigenvalue weighted by Gasteiger charge is -2.18. The molecular formula is C19H20O3. The fraction of sp³-hybridized carbons (Fsp3) is 0.316. The maximum absolute atomic E-state index is 12.6. The lowest BCUT2D eigenvalue weighted by molar-refractivity contribution is -0.116. The number of carbonyl (C=O) groups is 3. The van der Waals surface area contributed by atoms with Crippen molar-refractivity contribution in [3.05, 3.63) is 58.2 Å². The number of allylic oxidation sites excluding steroid dienone is 4. The predicted octanol–water partition coefficient (Wildman–Crippen LogP) is 4.09. The van der Waals surface area contributed by atoms with Gasteiger partial charge in [-0.1, -0.05) is 35.9 Å². The van der Waals surface area contributed by atoms with E-state index in [-0.39, 0.29) is 17.3 Å². The van der Waals surface area contributed by atoms with Crippen molar-refractivity contribution in [3.8, 4) is 0 Å². The van der Waals surface area contributed by atoms with Gasteiger partial charge in [0.2, 0.25) is 0 Å². The second kappa shape index (κ2) is 6.65. The summed E-state index contributed by atoms with van der Waals surface area (Å²) in [5.74, 6) is 0.0179. The van der Waals surface area contributed by atoms with Crippen LogP contribution in [0.2, 0.25) is 0 Å². The SMILES string of the molecule is CC(=O)CC/C(C)=C/CC1=C(C)C(=O)c2ccccc2C1=O. The standard InChI is InChI=1S/C19H20O3/c1-12(8-10-13(2)20)9-11-15-14(3)18(21)16-6-4-5-7-17(16)19(15)22/h4-7,9H,8,10-11H2,1-3H3/b12-9+. The molecule has 0 amide bonds. The third kappa shape index (κ3) is 3.30. The molecule has 1 aliphatic rings. The number of carbonyl (C=O) groups excluding carboxylic acids is 3. The molecule has 114 valence electrons. The molecule has 0 aliphatic heterocycles. The van der Waals surface area contributed by atoms with Gasteiger partial charge in [0.25, 0.3) is 0 Å². The quantitative estimate of drug-likeness (QED) is 0.769. The summed E-state index contributed by atoms with van der Waals surface area (Å²) in [6.45, 7) is 5.23. The Morgan fingerprint density at radius 2 is 1.59 bits per heavy atom. The molecule has 0 saturated heterocycles. The van der Waals surface area contributed by atoms with Crippen LogP contribution in [-0.4, -0.2) is 17.3 Å². The number of hydrogen-bond acceptors (Lipinski definition) is 3. The molecule has 3 nitrogen and oxygen atoms in total. The van der Waals surface area contributed by atoms with Crippen LogP contribution >= 0.6 is 0 Å². The first-order valence-corrected chi connectivity index (χ1v) is 7.45. The van der Waals surface area contributed by atoms with Crippen molar-refractivity contribution >= 4 is 17.3 Å². The van der Waals surface area contributed by atoms with Crippen molar-refractivity contribution in [1.82, 2.24) is 0 Å². The van der Waals surface area contributed by atoms with E-state index in [0.717, 1.165) is 5.57 Å². The highest BCUT2D eigenvalue weighted by Crippen LogP contribution is 2.28. The first-order chi connectivity index (χ1) is 10.4. The molecule has 1 aromatic rings. The molecule has 0 fully saturated rings. The van der Waals surface area contributed by atoms with Crippen LogP contribution in [-0.2, 0) is 4.79 Å². The first kappa shape index (κ1) is 16.1. The Balaban J connectivity index is 2.23. The molecule has 0 unspecified atom stereocenters. The average molecular weight is 296 g/mol. The van der Waals surface area contributed by atoms with Crippen LogP contribution in [0.5, 0.6) is 0 Å². The molecule has 0 heterocycles. The van der Waals surface area contributed by atoms with Gasteiger partial charge in [0.05, 0.1) is 0 Å². The Bertz CT molecular complexity index is 705. The van der Waals surface area contributed by atoms with E-state index >= 15 is 0 Å². The van der Waals surface area contributed by atoms with E-state index in [4.69, 9.17) is 0 Å². The Kier molecular flexibility index (Phi) is 4.86. The summed E-state index contributed by atoms with van der Waals surface area (Å²) in [6.07, 6.45) is 3.59. The molecule has 0 aromatic heterocycles. The molecule has 0 atom stereocenters. The van der Waals surface area contributed by atoms with E-state index in [0.29, 0.717) is 41.5 Å². The van der Waals surface area contributed by atoms with Gasteiger partial charge in [-0.2, -0.15) is 0 Å². The zero-order valence-corrected chi connectivity index (χ0v) is 13.2. The fourth-order valence-corrected chi connectivity index (χ4v) is 2.55. The largest absolute Gasteiger partial charge is 0.300 e. The maximum atomic E-state index is 12.6. The highest BCUT2D eigenvalue weighted by atomic mass is 16.1. The summed E-state index contributed by atoms with van der Waals surface area (Å²) in [6, 6.07) is 6.95. The number of hydrogen-bond donors (Lipinski definition) is 0. The molecule has 0 bridgehead atoms. The molecular weight excluding hydrogens is 276 g/mol. The highest BCUT2D eigenvalue weighted by molar-refractivity contribution is 6.26. The summed E-state index contributed by atoms with van der Waals surface area (Å²) in [5, 5.41) is 0. The lowest BCUT2D eigenvalue weighted by atomic mass is 9.83.